The molecule has 0 radical (unpaired) electrons. The van der Waals surface area contributed by atoms with Crippen molar-refractivity contribution in [1.82, 2.24) is 4.98 Å². The van der Waals surface area contributed by atoms with E-state index in [4.69, 9.17) is 0 Å². The Labute approximate surface area is 112 Å². The van der Waals surface area contributed by atoms with E-state index in [1.807, 2.05) is 13.8 Å². The largest absolute Gasteiger partial charge is 0.379 e. The fraction of sp³-hybridized carbons (Fsp3) is 0.250. The van der Waals surface area contributed by atoms with E-state index in [9.17, 15) is 4.39 Å². The normalized spacial score (nSPS) is 10.6. The van der Waals surface area contributed by atoms with Gasteiger partial charge in [0.25, 0.3) is 0 Å². The molecule has 90 valence electrons. The number of aromatic nitrogens is 1. The topological polar surface area (TPSA) is 24.9 Å². The minimum absolute atomic E-state index is 0.243. The van der Waals surface area contributed by atoms with E-state index in [0.717, 1.165) is 20.9 Å². The lowest BCUT2D eigenvalue weighted by molar-refractivity contribution is 0.628. The summed E-state index contributed by atoms with van der Waals surface area (Å²) in [6, 6.07) is 4.60. The standard InChI is InChI=1S/C12H12BrFN2S/c1-7-12(17-8(2)16-7)6-15-11-5-9(14)3-4-10(11)13/h3-5,15H,6H2,1-2H3. The van der Waals surface area contributed by atoms with Gasteiger partial charge in [-0.15, -0.1) is 11.3 Å². The van der Waals surface area contributed by atoms with Gasteiger partial charge >= 0.3 is 0 Å². The maximum Gasteiger partial charge on any atom is 0.125 e. The second kappa shape index (κ2) is 5.14. The summed E-state index contributed by atoms with van der Waals surface area (Å²) in [4.78, 5) is 5.54. The van der Waals surface area contributed by atoms with Crippen LogP contribution in [0, 0.1) is 19.7 Å². The van der Waals surface area contributed by atoms with E-state index in [1.54, 1.807) is 17.4 Å². The maximum atomic E-state index is 13.1. The third-order valence-corrected chi connectivity index (χ3v) is 4.13. The van der Waals surface area contributed by atoms with Crippen LogP contribution in [-0.4, -0.2) is 4.98 Å². The van der Waals surface area contributed by atoms with E-state index in [2.05, 4.69) is 26.2 Å². The van der Waals surface area contributed by atoms with Crippen LogP contribution in [0.15, 0.2) is 22.7 Å². The summed E-state index contributed by atoms with van der Waals surface area (Å²) in [6.07, 6.45) is 0. The van der Waals surface area contributed by atoms with Crippen LogP contribution in [0.5, 0.6) is 0 Å². The zero-order valence-electron chi connectivity index (χ0n) is 9.55. The Morgan fingerprint density at radius 2 is 2.18 bits per heavy atom. The van der Waals surface area contributed by atoms with Crippen LogP contribution in [0.25, 0.3) is 0 Å². The minimum Gasteiger partial charge on any atom is -0.379 e. The Hall–Kier alpha value is -0.940. The van der Waals surface area contributed by atoms with Crippen molar-refractivity contribution in [3.05, 3.63) is 44.1 Å². The number of rotatable bonds is 3. The van der Waals surface area contributed by atoms with E-state index in [0.29, 0.717) is 6.54 Å². The van der Waals surface area contributed by atoms with Gasteiger partial charge in [-0.3, -0.25) is 0 Å². The van der Waals surface area contributed by atoms with Gasteiger partial charge in [-0.2, -0.15) is 0 Å². The van der Waals surface area contributed by atoms with Crippen LogP contribution < -0.4 is 5.32 Å². The van der Waals surface area contributed by atoms with Gasteiger partial charge in [-0.1, -0.05) is 0 Å². The van der Waals surface area contributed by atoms with Gasteiger partial charge in [0.15, 0.2) is 0 Å². The summed E-state index contributed by atoms with van der Waals surface area (Å²) in [5.41, 5.74) is 1.79. The number of halogens is 2. The molecule has 0 spiro atoms. The number of hydrogen-bond donors (Lipinski definition) is 1. The van der Waals surface area contributed by atoms with Crippen molar-refractivity contribution in [2.45, 2.75) is 20.4 Å². The van der Waals surface area contributed by atoms with Crippen molar-refractivity contribution in [2.24, 2.45) is 0 Å². The highest BCUT2D eigenvalue weighted by atomic mass is 79.9. The average molecular weight is 315 g/mol. The Balaban J connectivity index is 2.12. The fourth-order valence-electron chi connectivity index (χ4n) is 1.55. The molecule has 0 fully saturated rings. The lowest BCUT2D eigenvalue weighted by Gasteiger charge is -2.07. The second-order valence-corrected chi connectivity index (χ2v) is 5.86. The molecule has 2 rings (SSSR count). The van der Waals surface area contributed by atoms with Crippen molar-refractivity contribution in [1.29, 1.82) is 0 Å². The summed E-state index contributed by atoms with van der Waals surface area (Å²) in [5.74, 6) is -0.243. The number of nitrogens with one attached hydrogen (secondary N) is 1. The Kier molecular flexibility index (Phi) is 3.79. The summed E-state index contributed by atoms with van der Waals surface area (Å²) in [6.45, 7) is 4.64. The molecule has 0 saturated carbocycles. The number of nitrogens with zero attached hydrogens (tertiary/aromatic N) is 1. The van der Waals surface area contributed by atoms with Gasteiger partial charge in [0.05, 0.1) is 22.9 Å². The molecule has 1 heterocycles. The lowest BCUT2D eigenvalue weighted by Crippen LogP contribution is -2.00. The molecule has 0 bridgehead atoms. The highest BCUT2D eigenvalue weighted by molar-refractivity contribution is 9.10. The van der Waals surface area contributed by atoms with Crippen molar-refractivity contribution >= 4 is 33.0 Å². The minimum atomic E-state index is -0.243. The molecule has 0 atom stereocenters. The molecule has 17 heavy (non-hydrogen) atoms. The smallest absolute Gasteiger partial charge is 0.125 e. The number of hydrogen-bond acceptors (Lipinski definition) is 3. The molecule has 2 aromatic rings. The van der Waals surface area contributed by atoms with Crippen LogP contribution in [-0.2, 0) is 6.54 Å². The third kappa shape index (κ3) is 3.04. The highest BCUT2D eigenvalue weighted by Crippen LogP contribution is 2.25. The summed E-state index contributed by atoms with van der Waals surface area (Å²) >= 11 is 5.05. The van der Waals surface area contributed by atoms with E-state index in [1.165, 1.54) is 17.0 Å². The summed E-state index contributed by atoms with van der Waals surface area (Å²) < 4.78 is 13.9. The van der Waals surface area contributed by atoms with Gasteiger partial charge in [0.1, 0.15) is 5.82 Å². The van der Waals surface area contributed by atoms with Crippen molar-refractivity contribution in [2.75, 3.05) is 5.32 Å². The lowest BCUT2D eigenvalue weighted by atomic mass is 10.3. The molecule has 0 unspecified atom stereocenters. The molecule has 2 nitrogen and oxygen atoms in total. The van der Waals surface area contributed by atoms with Crippen molar-refractivity contribution < 1.29 is 4.39 Å². The predicted octanol–water partition coefficient (Wildman–Crippen LogP) is 4.27. The molecule has 0 saturated heterocycles. The Morgan fingerprint density at radius 1 is 1.41 bits per heavy atom. The Morgan fingerprint density at radius 3 is 2.82 bits per heavy atom. The molecule has 1 aromatic carbocycles. The van der Waals surface area contributed by atoms with E-state index < -0.39 is 0 Å². The molecule has 1 N–H and O–H groups in total. The molecule has 1 aromatic heterocycles. The molecular weight excluding hydrogens is 303 g/mol. The van der Waals surface area contributed by atoms with Crippen molar-refractivity contribution in [3.8, 4) is 0 Å². The van der Waals surface area contributed by atoms with Crippen LogP contribution >= 0.6 is 27.3 Å². The van der Waals surface area contributed by atoms with Gasteiger partial charge < -0.3 is 5.32 Å². The average Bonchev–Trinajstić information content (AvgIpc) is 2.59. The fourth-order valence-corrected chi connectivity index (χ4v) is 2.81. The zero-order valence-corrected chi connectivity index (χ0v) is 12.0. The van der Waals surface area contributed by atoms with E-state index in [-0.39, 0.29) is 5.82 Å². The van der Waals surface area contributed by atoms with Crippen LogP contribution in [0.2, 0.25) is 0 Å². The maximum absolute atomic E-state index is 13.1. The first-order valence-electron chi connectivity index (χ1n) is 5.18. The van der Waals surface area contributed by atoms with Gasteiger partial charge in [-0.25, -0.2) is 9.37 Å². The number of aryl methyl sites for hydroxylation is 2. The quantitative estimate of drug-likeness (QED) is 0.915. The van der Waals surface area contributed by atoms with Crippen molar-refractivity contribution in [3.63, 3.8) is 0 Å². The first-order chi connectivity index (χ1) is 8.06. The summed E-state index contributed by atoms with van der Waals surface area (Å²) in [7, 11) is 0. The third-order valence-electron chi connectivity index (χ3n) is 2.37. The monoisotopic (exact) mass is 314 g/mol. The molecule has 0 aliphatic rings. The molecule has 0 aliphatic heterocycles. The second-order valence-electron chi connectivity index (χ2n) is 3.72. The van der Waals surface area contributed by atoms with Gasteiger partial charge in [0.2, 0.25) is 0 Å². The molecule has 5 heteroatoms. The molecule has 0 aliphatic carbocycles. The summed E-state index contributed by atoms with van der Waals surface area (Å²) in [5, 5.41) is 4.26. The van der Waals surface area contributed by atoms with Gasteiger partial charge in [0, 0.05) is 9.35 Å². The molecule has 0 amide bonds. The zero-order chi connectivity index (χ0) is 12.4. The van der Waals surface area contributed by atoms with Crippen LogP contribution in [0.4, 0.5) is 10.1 Å². The first-order valence-corrected chi connectivity index (χ1v) is 6.79. The van der Waals surface area contributed by atoms with Gasteiger partial charge in [-0.05, 0) is 48.0 Å². The highest BCUT2D eigenvalue weighted by Gasteiger charge is 2.06. The SMILES string of the molecule is Cc1nc(C)c(CNc2cc(F)ccc2Br)s1. The number of thiazole rings is 1. The van der Waals surface area contributed by atoms with Crippen LogP contribution in [0.1, 0.15) is 15.6 Å². The predicted molar refractivity (Wildman–Crippen MR) is 73.0 cm³/mol. The van der Waals surface area contributed by atoms with E-state index >= 15 is 0 Å². The first kappa shape index (κ1) is 12.5. The molecular formula is C12H12BrFN2S. The number of benzene rings is 1. The van der Waals surface area contributed by atoms with Crippen LogP contribution in [0.3, 0.4) is 0 Å². The Bertz CT molecular complexity index is 539. The number of anilines is 1.